The van der Waals surface area contributed by atoms with Crippen molar-refractivity contribution in [1.82, 2.24) is 29.2 Å². The van der Waals surface area contributed by atoms with Crippen LogP contribution in [0.25, 0.3) is 11.0 Å². The number of imidazole rings is 1. The molecule has 0 aliphatic carbocycles. The summed E-state index contributed by atoms with van der Waals surface area (Å²) in [6, 6.07) is 4.88. The molecule has 0 radical (unpaired) electrons. The van der Waals surface area contributed by atoms with Crippen LogP contribution in [0.1, 0.15) is 17.5 Å². The van der Waals surface area contributed by atoms with Crippen LogP contribution in [0.5, 0.6) is 0 Å². The van der Waals surface area contributed by atoms with Crippen molar-refractivity contribution in [2.75, 3.05) is 0 Å². The Labute approximate surface area is 148 Å². The van der Waals surface area contributed by atoms with Gasteiger partial charge in [-0.15, -0.1) is 10.2 Å². The van der Waals surface area contributed by atoms with Gasteiger partial charge in [-0.2, -0.15) is 0 Å². The molecule has 4 rings (SSSR count). The van der Waals surface area contributed by atoms with E-state index in [2.05, 4.69) is 15.2 Å². The van der Waals surface area contributed by atoms with Gasteiger partial charge in [-0.3, -0.25) is 9.69 Å². The highest BCUT2D eigenvalue weighted by Crippen LogP contribution is 2.24. The SMILES string of the molecule is Cc1nnc2n1CC(C(=O)O)N(Cc1nc3ccc(Cl)cc3n1C)C2. The molecule has 0 fully saturated rings. The van der Waals surface area contributed by atoms with Gasteiger partial charge in [0.2, 0.25) is 0 Å². The third kappa shape index (κ3) is 2.67. The number of carboxylic acids is 1. The van der Waals surface area contributed by atoms with Crippen molar-refractivity contribution in [3.05, 3.63) is 40.7 Å². The first kappa shape index (κ1) is 16.0. The number of nitrogens with zero attached hydrogens (tertiary/aromatic N) is 6. The molecular formula is C16H17ClN6O2. The average Bonchev–Trinajstić information content (AvgIpc) is 3.08. The molecule has 3 aromatic rings. The first-order valence-electron chi connectivity index (χ1n) is 7.90. The van der Waals surface area contributed by atoms with Gasteiger partial charge in [0.25, 0.3) is 0 Å². The van der Waals surface area contributed by atoms with Crippen LogP contribution in [-0.4, -0.2) is 46.3 Å². The smallest absolute Gasteiger partial charge is 0.322 e. The van der Waals surface area contributed by atoms with E-state index in [-0.39, 0.29) is 0 Å². The van der Waals surface area contributed by atoms with E-state index in [1.807, 2.05) is 40.1 Å². The Morgan fingerprint density at radius 3 is 2.96 bits per heavy atom. The number of fused-ring (bicyclic) bond motifs is 2. The number of hydrogen-bond acceptors (Lipinski definition) is 5. The highest BCUT2D eigenvalue weighted by Gasteiger charge is 2.34. The van der Waals surface area contributed by atoms with E-state index in [9.17, 15) is 9.90 Å². The molecule has 2 aromatic heterocycles. The number of aliphatic carboxylic acids is 1. The lowest BCUT2D eigenvalue weighted by atomic mass is 10.2. The Bertz CT molecular complexity index is 979. The van der Waals surface area contributed by atoms with E-state index >= 15 is 0 Å². The summed E-state index contributed by atoms with van der Waals surface area (Å²) in [5.41, 5.74) is 1.76. The van der Waals surface area contributed by atoms with Crippen molar-refractivity contribution in [1.29, 1.82) is 0 Å². The molecule has 25 heavy (non-hydrogen) atoms. The zero-order valence-electron chi connectivity index (χ0n) is 13.8. The molecule has 8 nitrogen and oxygen atoms in total. The van der Waals surface area contributed by atoms with Crippen molar-refractivity contribution in [3.63, 3.8) is 0 Å². The second-order valence-corrected chi connectivity index (χ2v) is 6.69. The fourth-order valence-electron chi connectivity index (χ4n) is 3.30. The minimum atomic E-state index is -0.861. The lowest BCUT2D eigenvalue weighted by Gasteiger charge is -2.33. The van der Waals surface area contributed by atoms with Crippen LogP contribution in [0, 0.1) is 6.92 Å². The normalized spacial score (nSPS) is 17.8. The summed E-state index contributed by atoms with van der Waals surface area (Å²) in [7, 11) is 1.91. The molecule has 0 saturated heterocycles. The Morgan fingerprint density at radius 1 is 1.40 bits per heavy atom. The molecule has 0 saturated carbocycles. The van der Waals surface area contributed by atoms with Crippen LogP contribution < -0.4 is 0 Å². The van der Waals surface area contributed by atoms with Gasteiger partial charge >= 0.3 is 5.97 Å². The first-order chi connectivity index (χ1) is 11.9. The van der Waals surface area contributed by atoms with E-state index < -0.39 is 12.0 Å². The molecule has 1 aliphatic rings. The predicted octanol–water partition coefficient (Wildman–Crippen LogP) is 1.60. The quantitative estimate of drug-likeness (QED) is 0.763. The molecule has 0 bridgehead atoms. The van der Waals surface area contributed by atoms with Crippen LogP contribution >= 0.6 is 11.6 Å². The lowest BCUT2D eigenvalue weighted by Crippen LogP contribution is -2.47. The fourth-order valence-corrected chi connectivity index (χ4v) is 3.46. The van der Waals surface area contributed by atoms with Crippen LogP contribution in [0.4, 0.5) is 0 Å². The van der Waals surface area contributed by atoms with Gasteiger partial charge < -0.3 is 14.2 Å². The third-order valence-corrected chi connectivity index (χ3v) is 4.95. The maximum absolute atomic E-state index is 11.8. The second kappa shape index (κ2) is 5.82. The summed E-state index contributed by atoms with van der Waals surface area (Å²) in [5.74, 6) is 1.43. The van der Waals surface area contributed by atoms with Gasteiger partial charge in [0, 0.05) is 12.1 Å². The number of aryl methyl sites for hydroxylation is 2. The number of carbonyl (C=O) groups is 1. The molecule has 1 atom stereocenters. The second-order valence-electron chi connectivity index (χ2n) is 6.25. The highest BCUT2D eigenvalue weighted by atomic mass is 35.5. The van der Waals surface area contributed by atoms with Gasteiger partial charge in [-0.1, -0.05) is 11.6 Å². The number of benzene rings is 1. The van der Waals surface area contributed by atoms with Gasteiger partial charge in [-0.25, -0.2) is 4.98 Å². The number of aromatic nitrogens is 5. The fraction of sp³-hybridized carbons (Fsp3) is 0.375. The zero-order valence-corrected chi connectivity index (χ0v) is 14.6. The van der Waals surface area contributed by atoms with E-state index in [4.69, 9.17) is 11.6 Å². The summed E-state index contributed by atoms with van der Waals surface area (Å²) in [6.07, 6.45) is 0. The number of halogens is 1. The molecule has 1 aromatic carbocycles. The number of carboxylic acid groups (broad SMARTS) is 1. The van der Waals surface area contributed by atoms with Crippen molar-refractivity contribution in [3.8, 4) is 0 Å². The summed E-state index contributed by atoms with van der Waals surface area (Å²) in [4.78, 5) is 18.3. The van der Waals surface area contributed by atoms with E-state index in [0.717, 1.165) is 28.5 Å². The van der Waals surface area contributed by atoms with Crippen molar-refractivity contribution in [2.24, 2.45) is 7.05 Å². The molecule has 0 amide bonds. The van der Waals surface area contributed by atoms with Gasteiger partial charge in [0.15, 0.2) is 0 Å². The predicted molar refractivity (Wildman–Crippen MR) is 91.2 cm³/mol. The van der Waals surface area contributed by atoms with Crippen LogP contribution in [0.3, 0.4) is 0 Å². The Kier molecular flexibility index (Phi) is 3.73. The van der Waals surface area contributed by atoms with Crippen molar-refractivity contribution in [2.45, 2.75) is 32.6 Å². The maximum Gasteiger partial charge on any atom is 0.322 e. The summed E-state index contributed by atoms with van der Waals surface area (Å²) < 4.78 is 3.81. The minimum Gasteiger partial charge on any atom is -0.480 e. The van der Waals surface area contributed by atoms with E-state index in [0.29, 0.717) is 24.7 Å². The average molecular weight is 361 g/mol. The molecule has 1 unspecified atom stereocenters. The third-order valence-electron chi connectivity index (χ3n) is 4.72. The number of hydrogen-bond donors (Lipinski definition) is 1. The summed E-state index contributed by atoms with van der Waals surface area (Å²) in [6.45, 7) is 2.99. The first-order valence-corrected chi connectivity index (χ1v) is 8.28. The van der Waals surface area contributed by atoms with Crippen LogP contribution in [-0.2, 0) is 31.5 Å². The van der Waals surface area contributed by atoms with Crippen molar-refractivity contribution < 1.29 is 9.90 Å². The minimum absolute atomic E-state index is 0.333. The Balaban J connectivity index is 1.69. The van der Waals surface area contributed by atoms with Gasteiger partial charge in [0.05, 0.1) is 30.7 Å². The zero-order chi connectivity index (χ0) is 17.7. The molecule has 1 aliphatic heterocycles. The van der Waals surface area contributed by atoms with E-state index in [1.165, 1.54) is 0 Å². The summed E-state index contributed by atoms with van der Waals surface area (Å²) >= 11 is 6.07. The van der Waals surface area contributed by atoms with Crippen LogP contribution in [0.15, 0.2) is 18.2 Å². The van der Waals surface area contributed by atoms with Crippen LogP contribution in [0.2, 0.25) is 5.02 Å². The monoisotopic (exact) mass is 360 g/mol. The molecule has 0 spiro atoms. The lowest BCUT2D eigenvalue weighted by molar-refractivity contribution is -0.145. The molecule has 130 valence electrons. The topological polar surface area (TPSA) is 89.1 Å². The number of rotatable bonds is 3. The molecule has 9 heteroatoms. The largest absolute Gasteiger partial charge is 0.480 e. The molecule has 3 heterocycles. The molecular weight excluding hydrogens is 344 g/mol. The van der Waals surface area contributed by atoms with Crippen molar-refractivity contribution >= 4 is 28.6 Å². The van der Waals surface area contributed by atoms with Gasteiger partial charge in [-0.05, 0) is 25.1 Å². The maximum atomic E-state index is 11.8. The Hall–Kier alpha value is -2.45. The van der Waals surface area contributed by atoms with Gasteiger partial charge in [0.1, 0.15) is 23.5 Å². The Morgan fingerprint density at radius 2 is 2.20 bits per heavy atom. The highest BCUT2D eigenvalue weighted by molar-refractivity contribution is 6.31. The van der Waals surface area contributed by atoms with E-state index in [1.54, 1.807) is 6.07 Å². The summed E-state index contributed by atoms with van der Waals surface area (Å²) in [5, 5.41) is 18.5. The standard InChI is InChI=1S/C16H17ClN6O2/c1-9-19-20-15-8-22(13(16(24)25)6-23(9)15)7-14-18-11-4-3-10(17)5-12(11)21(14)2/h3-5,13H,6-8H2,1-2H3,(H,24,25). The molecule has 1 N–H and O–H groups in total.